The van der Waals surface area contributed by atoms with Gasteiger partial charge in [0.15, 0.2) is 6.10 Å². The first kappa shape index (κ1) is 54.2. The van der Waals surface area contributed by atoms with Crippen LogP contribution in [0.1, 0.15) is 136 Å². The molecule has 0 rings (SSSR count). The molecule has 0 fully saturated rings. The summed E-state index contributed by atoms with van der Waals surface area (Å²) in [5.74, 6) is -0.978. The number of quaternary nitrogens is 1. The van der Waals surface area contributed by atoms with Crippen LogP contribution < -0.4 is 4.89 Å². The van der Waals surface area contributed by atoms with Gasteiger partial charge in [-0.15, -0.1) is 0 Å². The van der Waals surface area contributed by atoms with E-state index in [0.29, 0.717) is 30.3 Å². The molecule has 0 saturated heterocycles. The first-order valence-corrected chi connectivity index (χ1v) is 22.8. The molecule has 0 spiro atoms. The van der Waals surface area contributed by atoms with Gasteiger partial charge in [-0.05, 0) is 83.5 Å². The molecule has 0 aliphatic rings. The lowest BCUT2D eigenvalue weighted by Gasteiger charge is -2.28. The number of hydrogen-bond donors (Lipinski definition) is 1. The molecule has 0 bridgehead atoms. The van der Waals surface area contributed by atoms with Crippen molar-refractivity contribution in [3.8, 4) is 0 Å². The fourth-order valence-corrected chi connectivity index (χ4v) is 5.75. The van der Waals surface area contributed by atoms with E-state index in [-0.39, 0.29) is 32.2 Å². The first-order valence-electron chi connectivity index (χ1n) is 21.4. The lowest BCUT2D eigenvalue weighted by Crippen LogP contribution is -2.37. The van der Waals surface area contributed by atoms with Crippen LogP contribution in [0.4, 0.5) is 0 Å². The number of carbonyl (C=O) groups is 2. The molecule has 0 aromatic rings. The summed E-state index contributed by atoms with van der Waals surface area (Å²) in [4.78, 5) is 37.5. The Labute approximate surface area is 346 Å². The van der Waals surface area contributed by atoms with Crippen molar-refractivity contribution in [3.63, 3.8) is 0 Å². The molecular weight excluding hydrogens is 741 g/mol. The average Bonchev–Trinajstić information content (AvgIpc) is 3.16. The highest BCUT2D eigenvalue weighted by Gasteiger charge is 2.21. The van der Waals surface area contributed by atoms with E-state index in [0.717, 1.165) is 70.6 Å². The monoisotopic (exact) mass is 820 g/mol. The minimum Gasteiger partial charge on any atom is -0.756 e. The lowest BCUT2D eigenvalue weighted by atomic mass is 10.1. The van der Waals surface area contributed by atoms with Crippen LogP contribution in [0.2, 0.25) is 0 Å². The summed E-state index contributed by atoms with van der Waals surface area (Å²) in [6, 6.07) is 0. The number of phosphoric ester groups is 1. The maximum atomic E-state index is 12.6. The smallest absolute Gasteiger partial charge is 0.306 e. The van der Waals surface area contributed by atoms with Crippen LogP contribution in [0.5, 0.6) is 0 Å². The Balaban J connectivity index is 4.60. The number of hydrogen-bond acceptors (Lipinski definition) is 9. The maximum absolute atomic E-state index is 12.6. The van der Waals surface area contributed by atoms with Crippen molar-refractivity contribution in [2.75, 3.05) is 47.5 Å². The second kappa shape index (κ2) is 37.4. The van der Waals surface area contributed by atoms with Gasteiger partial charge in [0.1, 0.15) is 19.8 Å². The van der Waals surface area contributed by atoms with Crippen molar-refractivity contribution in [2.45, 2.75) is 148 Å². The molecule has 1 N–H and O–H groups in total. The van der Waals surface area contributed by atoms with Gasteiger partial charge in [0, 0.05) is 12.8 Å². The van der Waals surface area contributed by atoms with Gasteiger partial charge >= 0.3 is 11.9 Å². The Morgan fingerprint density at radius 3 is 1.67 bits per heavy atom. The molecule has 0 aliphatic carbocycles. The van der Waals surface area contributed by atoms with Crippen molar-refractivity contribution in [1.29, 1.82) is 0 Å². The zero-order valence-corrected chi connectivity index (χ0v) is 37.0. The highest BCUT2D eigenvalue weighted by molar-refractivity contribution is 7.45. The van der Waals surface area contributed by atoms with Crippen LogP contribution in [-0.4, -0.2) is 81.2 Å². The van der Waals surface area contributed by atoms with E-state index in [1.807, 2.05) is 45.4 Å². The van der Waals surface area contributed by atoms with E-state index in [1.54, 1.807) is 0 Å². The Kier molecular flexibility index (Phi) is 35.6. The molecule has 0 saturated carbocycles. The van der Waals surface area contributed by atoms with Crippen molar-refractivity contribution in [2.24, 2.45) is 0 Å². The summed E-state index contributed by atoms with van der Waals surface area (Å²) in [5, 5.41) is 9.82. The normalized spacial score (nSPS) is 15.0. The summed E-state index contributed by atoms with van der Waals surface area (Å²) in [7, 11) is 1.07. The molecule has 326 valence electrons. The second-order valence-corrected chi connectivity index (χ2v) is 16.6. The van der Waals surface area contributed by atoms with Crippen molar-refractivity contribution >= 4 is 19.8 Å². The van der Waals surface area contributed by atoms with E-state index < -0.39 is 32.5 Å². The van der Waals surface area contributed by atoms with Gasteiger partial charge in [0.25, 0.3) is 7.82 Å². The summed E-state index contributed by atoms with van der Waals surface area (Å²) < 4.78 is 33.7. The number of unbranched alkanes of at least 4 members (excludes halogenated alkanes) is 7. The number of nitrogens with zero attached hydrogens (tertiary/aromatic N) is 1. The number of likely N-dealkylation sites (N-methyl/N-ethyl adjacent to an activating group) is 1. The number of aliphatic hydroxyl groups excluding tert-OH is 1. The molecule has 0 amide bonds. The standard InChI is InChI=1S/C46H78NO9P/c1-6-8-10-11-12-13-14-15-16-17-21-24-27-30-33-37-45(49)53-41-44(42-55-57(51,52)54-40-39-47(3,4)5)56-46(50)38-34-31-28-25-22-19-18-20-23-26-29-32-36-43(48)35-9-7-2/h12-13,15-16,18-19,21,23-26,28,32,36,43-44,48H,6-11,14,17,20,22,27,29-31,33-35,37-42H2,1-5H3/b13-12-,16-15-,19-18-,24-21-,26-23-,28-25-,36-32-/t43-,44-/m1/s1. The average molecular weight is 820 g/mol. The molecule has 0 aromatic heterocycles. The molecular formula is C46H78NO9P. The number of rotatable bonds is 37. The SMILES string of the molecule is CCCCC/C=C\C/C=C\C/C=C\CCCCC(=O)OC[C@H](COP(=O)([O-])OCC[N+](C)(C)C)OC(=O)CCC/C=C\C/C=C\C/C=C\C/C=C\[C@H](O)CCCC. The quantitative estimate of drug-likeness (QED) is 0.0214. The van der Waals surface area contributed by atoms with E-state index >= 15 is 0 Å². The zero-order valence-electron chi connectivity index (χ0n) is 36.1. The molecule has 0 radical (unpaired) electrons. The van der Waals surface area contributed by atoms with E-state index in [1.165, 1.54) is 19.3 Å². The number of ether oxygens (including phenoxy) is 2. The predicted molar refractivity (Wildman–Crippen MR) is 232 cm³/mol. The minimum atomic E-state index is -4.66. The van der Waals surface area contributed by atoms with Crippen molar-refractivity contribution in [3.05, 3.63) is 85.1 Å². The van der Waals surface area contributed by atoms with Gasteiger partial charge < -0.3 is 33.0 Å². The van der Waals surface area contributed by atoms with E-state index in [9.17, 15) is 24.2 Å². The van der Waals surface area contributed by atoms with Gasteiger partial charge in [0.05, 0.1) is 33.9 Å². The summed E-state index contributed by atoms with van der Waals surface area (Å²) in [6.45, 7) is 3.89. The molecule has 1 unspecified atom stereocenters. The van der Waals surface area contributed by atoms with Crippen molar-refractivity contribution in [1.82, 2.24) is 0 Å². The Bertz CT molecular complexity index is 1260. The third kappa shape index (κ3) is 41.1. The molecule has 0 heterocycles. The molecule has 11 heteroatoms. The van der Waals surface area contributed by atoms with Crippen LogP contribution in [0.25, 0.3) is 0 Å². The van der Waals surface area contributed by atoms with Crippen LogP contribution in [0.3, 0.4) is 0 Å². The Hall–Kier alpha value is -2.85. The fraction of sp³-hybridized carbons (Fsp3) is 0.652. The molecule has 3 atom stereocenters. The Morgan fingerprint density at radius 1 is 0.632 bits per heavy atom. The number of esters is 2. The molecule has 0 aliphatic heterocycles. The van der Waals surface area contributed by atoms with E-state index in [4.69, 9.17) is 18.5 Å². The zero-order chi connectivity index (χ0) is 42.3. The van der Waals surface area contributed by atoms with E-state index in [2.05, 4.69) is 74.6 Å². The van der Waals surface area contributed by atoms with Gasteiger partial charge in [-0.1, -0.05) is 125 Å². The number of phosphoric acid groups is 1. The van der Waals surface area contributed by atoms with Gasteiger partial charge in [-0.3, -0.25) is 14.2 Å². The predicted octanol–water partition coefficient (Wildman–Crippen LogP) is 10.4. The number of allylic oxidation sites excluding steroid dienone is 13. The third-order valence-electron chi connectivity index (χ3n) is 8.46. The number of carbonyl (C=O) groups excluding carboxylic acids is 2. The van der Waals surface area contributed by atoms with Gasteiger partial charge in [-0.2, -0.15) is 0 Å². The highest BCUT2D eigenvalue weighted by atomic mass is 31.2. The summed E-state index contributed by atoms with van der Waals surface area (Å²) in [6.07, 6.45) is 43.8. The highest BCUT2D eigenvalue weighted by Crippen LogP contribution is 2.38. The summed E-state index contributed by atoms with van der Waals surface area (Å²) in [5.41, 5.74) is 0. The lowest BCUT2D eigenvalue weighted by molar-refractivity contribution is -0.870. The van der Waals surface area contributed by atoms with Gasteiger partial charge in [-0.25, -0.2) is 0 Å². The van der Waals surface area contributed by atoms with Crippen LogP contribution >= 0.6 is 7.82 Å². The van der Waals surface area contributed by atoms with Gasteiger partial charge in [0.2, 0.25) is 0 Å². The summed E-state index contributed by atoms with van der Waals surface area (Å²) >= 11 is 0. The Morgan fingerprint density at radius 2 is 1.12 bits per heavy atom. The fourth-order valence-electron chi connectivity index (χ4n) is 5.02. The molecule has 10 nitrogen and oxygen atoms in total. The maximum Gasteiger partial charge on any atom is 0.306 e. The van der Waals surface area contributed by atoms with Crippen LogP contribution in [-0.2, 0) is 32.7 Å². The molecule has 0 aromatic carbocycles. The number of aliphatic hydroxyl groups is 1. The second-order valence-electron chi connectivity index (χ2n) is 15.2. The third-order valence-corrected chi connectivity index (χ3v) is 9.42. The van der Waals surface area contributed by atoms with Crippen LogP contribution in [0.15, 0.2) is 85.1 Å². The largest absolute Gasteiger partial charge is 0.756 e. The minimum absolute atomic E-state index is 0.0591. The molecule has 57 heavy (non-hydrogen) atoms. The van der Waals surface area contributed by atoms with Crippen LogP contribution in [0, 0.1) is 0 Å². The topological polar surface area (TPSA) is 131 Å². The first-order chi connectivity index (χ1) is 27.4. The van der Waals surface area contributed by atoms with Crippen molar-refractivity contribution < 1.29 is 47.2 Å².